The molecule has 25 heavy (non-hydrogen) atoms. The number of nitrogens with zero attached hydrogens (tertiary/aromatic N) is 1. The van der Waals surface area contributed by atoms with E-state index in [4.69, 9.17) is 0 Å². The number of unbranched alkanes of at least 4 members (excludes halogenated alkanes) is 3. The van der Waals surface area contributed by atoms with Crippen molar-refractivity contribution in [3.8, 4) is 0 Å². The number of halogens is 2. The van der Waals surface area contributed by atoms with Gasteiger partial charge in [-0.1, -0.05) is 32.3 Å². The lowest BCUT2D eigenvalue weighted by Gasteiger charge is -2.14. The molecular weight excluding hydrogens is 456 g/mol. The van der Waals surface area contributed by atoms with E-state index < -0.39 is 9.84 Å². The Kier molecular flexibility index (Phi) is 12.0. The van der Waals surface area contributed by atoms with E-state index in [9.17, 15) is 12.8 Å². The first-order chi connectivity index (χ1) is 11.4. The number of sulfone groups is 1. The first kappa shape index (κ1) is 24.1. The van der Waals surface area contributed by atoms with Crippen LogP contribution in [0.5, 0.6) is 0 Å². The van der Waals surface area contributed by atoms with Crippen molar-refractivity contribution in [2.75, 3.05) is 19.8 Å². The van der Waals surface area contributed by atoms with Gasteiger partial charge in [-0.15, -0.1) is 24.0 Å². The minimum absolute atomic E-state index is 0. The van der Waals surface area contributed by atoms with Gasteiger partial charge in [0.05, 0.1) is 5.75 Å². The van der Waals surface area contributed by atoms with Crippen LogP contribution in [0, 0.1) is 5.82 Å². The van der Waals surface area contributed by atoms with Gasteiger partial charge in [0.2, 0.25) is 0 Å². The molecule has 0 aromatic heterocycles. The number of benzene rings is 1. The van der Waals surface area contributed by atoms with Gasteiger partial charge in [-0.2, -0.15) is 0 Å². The van der Waals surface area contributed by atoms with E-state index in [2.05, 4.69) is 22.5 Å². The van der Waals surface area contributed by atoms with Gasteiger partial charge < -0.3 is 10.6 Å². The van der Waals surface area contributed by atoms with Gasteiger partial charge in [-0.25, -0.2) is 12.8 Å². The zero-order valence-electron chi connectivity index (χ0n) is 15.1. The molecular formula is C17H29FIN3O2S. The lowest BCUT2D eigenvalue weighted by atomic mass is 10.1. The molecule has 1 rings (SSSR count). The van der Waals surface area contributed by atoms with Crippen molar-refractivity contribution in [2.45, 2.75) is 44.9 Å². The molecule has 1 aromatic rings. The number of hydrogen-bond acceptors (Lipinski definition) is 3. The van der Waals surface area contributed by atoms with E-state index in [-0.39, 0.29) is 35.5 Å². The predicted molar refractivity (Wildman–Crippen MR) is 113 cm³/mol. The van der Waals surface area contributed by atoms with E-state index in [1.165, 1.54) is 43.7 Å². The zero-order valence-corrected chi connectivity index (χ0v) is 18.3. The van der Waals surface area contributed by atoms with Crippen molar-refractivity contribution < 1.29 is 12.8 Å². The highest BCUT2D eigenvalue weighted by Crippen LogP contribution is 2.14. The lowest BCUT2D eigenvalue weighted by molar-refractivity contribution is 0.599. The summed E-state index contributed by atoms with van der Waals surface area (Å²) in [6.45, 7) is 3.30. The monoisotopic (exact) mass is 485 g/mol. The third-order valence-corrected chi connectivity index (χ3v) is 4.41. The molecule has 0 unspecified atom stereocenters. The highest BCUT2D eigenvalue weighted by Gasteiger charge is 2.11. The first-order valence-electron chi connectivity index (χ1n) is 8.25. The molecule has 0 aliphatic heterocycles. The minimum Gasteiger partial charge on any atom is -0.356 e. The molecule has 8 heteroatoms. The van der Waals surface area contributed by atoms with Crippen molar-refractivity contribution in [1.29, 1.82) is 0 Å². The zero-order chi connectivity index (χ0) is 18.0. The smallest absolute Gasteiger partial charge is 0.191 e. The van der Waals surface area contributed by atoms with Crippen LogP contribution in [0.25, 0.3) is 0 Å². The summed E-state index contributed by atoms with van der Waals surface area (Å²) in [5.74, 6) is 0.139. The molecule has 2 N–H and O–H groups in total. The van der Waals surface area contributed by atoms with Crippen LogP contribution in [0.3, 0.4) is 0 Å². The Balaban J connectivity index is 0.00000576. The topological polar surface area (TPSA) is 70.6 Å². The van der Waals surface area contributed by atoms with Crippen molar-refractivity contribution in [1.82, 2.24) is 10.6 Å². The van der Waals surface area contributed by atoms with E-state index in [0.717, 1.165) is 13.0 Å². The predicted octanol–water partition coefficient (Wildman–Crippen LogP) is 3.23. The molecule has 0 aliphatic rings. The number of hydrogen-bond donors (Lipinski definition) is 2. The molecule has 0 heterocycles. The van der Waals surface area contributed by atoms with Crippen molar-refractivity contribution in [3.05, 3.63) is 35.1 Å². The van der Waals surface area contributed by atoms with Crippen LogP contribution >= 0.6 is 24.0 Å². The second-order valence-corrected chi connectivity index (χ2v) is 8.04. The molecule has 5 nitrogen and oxygen atoms in total. The molecule has 144 valence electrons. The quantitative estimate of drug-likeness (QED) is 0.244. The Bertz CT molecular complexity index is 651. The van der Waals surface area contributed by atoms with Gasteiger partial charge in [0, 0.05) is 26.4 Å². The van der Waals surface area contributed by atoms with Crippen molar-refractivity contribution in [3.63, 3.8) is 0 Å². The molecule has 0 aliphatic carbocycles. The van der Waals surface area contributed by atoms with Crippen molar-refractivity contribution >= 4 is 39.8 Å². The Hall–Kier alpha value is -0.900. The number of nitrogens with one attached hydrogen (secondary N) is 2. The van der Waals surface area contributed by atoms with Gasteiger partial charge >= 0.3 is 0 Å². The SMILES string of the molecule is CCCCCCNC(=NC)NCc1cc(F)ccc1CS(C)(=O)=O.I. The van der Waals surface area contributed by atoms with Crippen LogP contribution in [-0.4, -0.2) is 34.2 Å². The molecule has 0 fully saturated rings. The summed E-state index contributed by atoms with van der Waals surface area (Å²) in [6.07, 6.45) is 5.81. The summed E-state index contributed by atoms with van der Waals surface area (Å²) in [5.41, 5.74) is 1.22. The normalized spacial score (nSPS) is 11.8. The van der Waals surface area contributed by atoms with Crippen LogP contribution in [0.2, 0.25) is 0 Å². The summed E-state index contributed by atoms with van der Waals surface area (Å²) < 4.78 is 36.5. The minimum atomic E-state index is -3.18. The molecule has 0 atom stereocenters. The van der Waals surface area contributed by atoms with Crippen LogP contribution in [-0.2, 0) is 22.1 Å². The van der Waals surface area contributed by atoms with E-state index in [0.29, 0.717) is 23.6 Å². The molecule has 0 saturated heterocycles. The first-order valence-corrected chi connectivity index (χ1v) is 10.3. The van der Waals surface area contributed by atoms with Gasteiger partial charge in [0.1, 0.15) is 5.82 Å². The standard InChI is InChI=1S/C17H28FN3O2S.HI/c1-4-5-6-7-10-20-17(19-2)21-12-15-11-16(18)9-8-14(15)13-24(3,22)23;/h8-9,11H,4-7,10,12-13H2,1-3H3,(H2,19,20,21);1H. The van der Waals surface area contributed by atoms with Gasteiger partial charge in [0.25, 0.3) is 0 Å². The van der Waals surface area contributed by atoms with Crippen LogP contribution in [0.4, 0.5) is 4.39 Å². The fraction of sp³-hybridized carbons (Fsp3) is 0.588. The Morgan fingerprint density at radius 1 is 1.16 bits per heavy atom. The van der Waals surface area contributed by atoms with Crippen LogP contribution < -0.4 is 10.6 Å². The maximum absolute atomic E-state index is 13.5. The number of aliphatic imine (C=N–C) groups is 1. The Labute approximate surface area is 167 Å². The van der Waals surface area contributed by atoms with Crippen LogP contribution in [0.1, 0.15) is 43.7 Å². The molecule has 1 aromatic carbocycles. The van der Waals surface area contributed by atoms with Crippen LogP contribution in [0.15, 0.2) is 23.2 Å². The third kappa shape index (κ3) is 10.6. The average Bonchev–Trinajstić information content (AvgIpc) is 2.51. The number of guanidine groups is 1. The summed E-state index contributed by atoms with van der Waals surface area (Å²) >= 11 is 0. The van der Waals surface area contributed by atoms with E-state index in [1.54, 1.807) is 7.05 Å². The van der Waals surface area contributed by atoms with Crippen molar-refractivity contribution in [2.24, 2.45) is 4.99 Å². The molecule has 0 spiro atoms. The summed E-state index contributed by atoms with van der Waals surface area (Å²) in [4.78, 5) is 4.13. The maximum Gasteiger partial charge on any atom is 0.191 e. The van der Waals surface area contributed by atoms with Gasteiger partial charge in [0.15, 0.2) is 15.8 Å². The second-order valence-electron chi connectivity index (χ2n) is 5.90. The Morgan fingerprint density at radius 2 is 1.88 bits per heavy atom. The highest BCUT2D eigenvalue weighted by molar-refractivity contribution is 14.0. The van der Waals surface area contributed by atoms with Gasteiger partial charge in [-0.3, -0.25) is 4.99 Å². The lowest BCUT2D eigenvalue weighted by Crippen LogP contribution is -2.37. The van der Waals surface area contributed by atoms with E-state index >= 15 is 0 Å². The van der Waals surface area contributed by atoms with Gasteiger partial charge in [-0.05, 0) is 29.7 Å². The summed E-state index contributed by atoms with van der Waals surface area (Å²) in [5, 5.41) is 6.32. The molecule has 0 radical (unpaired) electrons. The molecule has 0 bridgehead atoms. The molecule has 0 saturated carbocycles. The Morgan fingerprint density at radius 3 is 2.48 bits per heavy atom. The maximum atomic E-state index is 13.5. The fourth-order valence-electron chi connectivity index (χ4n) is 2.34. The average molecular weight is 485 g/mol. The fourth-order valence-corrected chi connectivity index (χ4v) is 3.19. The number of rotatable bonds is 9. The summed E-state index contributed by atoms with van der Waals surface area (Å²) in [7, 11) is -1.50. The third-order valence-electron chi connectivity index (χ3n) is 3.58. The largest absolute Gasteiger partial charge is 0.356 e. The second kappa shape index (κ2) is 12.5. The molecule has 0 amide bonds. The van der Waals surface area contributed by atoms with E-state index in [1.807, 2.05) is 0 Å². The summed E-state index contributed by atoms with van der Waals surface area (Å²) in [6, 6.07) is 4.17. The highest BCUT2D eigenvalue weighted by atomic mass is 127.